The SMILES string of the molecule is O=C([C@@H]1Cc2cc([N+](=O)[O-])ccc2N2C[C@H]3C[C@H](Cn4c3cccc4=O)[C@@H]12)N1CC=C(c2c[nH]c3ccccc23)CC1. The molecular formula is C33H31N5O4. The van der Waals surface area contributed by atoms with Crippen molar-refractivity contribution in [3.8, 4) is 0 Å². The van der Waals surface area contributed by atoms with Gasteiger partial charge in [0, 0.05) is 90.4 Å². The highest BCUT2D eigenvalue weighted by atomic mass is 16.6. The van der Waals surface area contributed by atoms with Crippen LogP contribution in [-0.2, 0) is 17.8 Å². The predicted molar refractivity (Wildman–Crippen MR) is 160 cm³/mol. The minimum absolute atomic E-state index is 0.0105. The second-order valence-corrected chi connectivity index (χ2v) is 12.1. The molecule has 1 fully saturated rings. The van der Waals surface area contributed by atoms with E-state index in [0.29, 0.717) is 32.6 Å². The lowest BCUT2D eigenvalue weighted by atomic mass is 9.69. The van der Waals surface area contributed by atoms with Crippen molar-refractivity contribution in [3.05, 3.63) is 110 Å². The molecule has 0 radical (unpaired) electrons. The fourth-order valence-electron chi connectivity index (χ4n) is 8.12. The molecule has 4 atom stereocenters. The van der Waals surface area contributed by atoms with E-state index in [1.54, 1.807) is 18.2 Å². The van der Waals surface area contributed by atoms with E-state index in [1.807, 2.05) is 39.8 Å². The molecule has 1 saturated heterocycles. The highest BCUT2D eigenvalue weighted by molar-refractivity contribution is 5.93. The Hall–Kier alpha value is -4.66. The molecule has 1 amide bonds. The van der Waals surface area contributed by atoms with Gasteiger partial charge in [-0.15, -0.1) is 0 Å². The van der Waals surface area contributed by atoms with Gasteiger partial charge in [0.05, 0.1) is 10.8 Å². The molecule has 8 rings (SSSR count). The number of H-pyrrole nitrogens is 1. The van der Waals surface area contributed by atoms with Crippen LogP contribution in [0.1, 0.15) is 35.6 Å². The van der Waals surface area contributed by atoms with E-state index >= 15 is 0 Å². The summed E-state index contributed by atoms with van der Waals surface area (Å²) < 4.78 is 1.90. The van der Waals surface area contributed by atoms with Gasteiger partial charge in [-0.3, -0.25) is 19.7 Å². The molecule has 42 heavy (non-hydrogen) atoms. The molecule has 2 bridgehead atoms. The first-order valence-electron chi connectivity index (χ1n) is 14.7. The summed E-state index contributed by atoms with van der Waals surface area (Å²) in [7, 11) is 0. The first-order valence-corrected chi connectivity index (χ1v) is 14.7. The summed E-state index contributed by atoms with van der Waals surface area (Å²) in [6.07, 6.45) is 6.39. The number of nitro benzene ring substituents is 1. The molecule has 0 spiro atoms. The molecule has 1 N–H and O–H groups in total. The van der Waals surface area contributed by atoms with Gasteiger partial charge < -0.3 is 19.4 Å². The molecule has 4 aromatic rings. The van der Waals surface area contributed by atoms with Gasteiger partial charge in [0.15, 0.2) is 0 Å². The smallest absolute Gasteiger partial charge is 0.269 e. The highest BCUT2D eigenvalue weighted by Gasteiger charge is 2.50. The van der Waals surface area contributed by atoms with Gasteiger partial charge in [-0.1, -0.05) is 30.3 Å². The summed E-state index contributed by atoms with van der Waals surface area (Å²) in [5, 5.41) is 12.8. The molecule has 9 nitrogen and oxygen atoms in total. The summed E-state index contributed by atoms with van der Waals surface area (Å²) in [6, 6.07) is 18.8. The number of nitrogens with one attached hydrogen (secondary N) is 1. The molecule has 2 aromatic heterocycles. The van der Waals surface area contributed by atoms with Gasteiger partial charge >= 0.3 is 0 Å². The zero-order chi connectivity index (χ0) is 28.5. The molecule has 2 aromatic carbocycles. The number of aromatic amines is 1. The van der Waals surface area contributed by atoms with Crippen molar-refractivity contribution in [2.24, 2.45) is 11.8 Å². The second kappa shape index (κ2) is 9.44. The van der Waals surface area contributed by atoms with E-state index in [0.717, 1.165) is 35.3 Å². The summed E-state index contributed by atoms with van der Waals surface area (Å²) in [5.41, 5.74) is 6.48. The average molecular weight is 562 g/mol. The number of aromatic nitrogens is 2. The fraction of sp³-hybridized carbons (Fsp3) is 0.333. The average Bonchev–Trinajstić information content (AvgIpc) is 3.45. The number of para-hydroxylation sites is 1. The number of carbonyl (C=O) groups excluding carboxylic acids is 1. The zero-order valence-corrected chi connectivity index (χ0v) is 23.1. The Labute approximate surface area is 242 Å². The van der Waals surface area contributed by atoms with Gasteiger partial charge in [-0.25, -0.2) is 0 Å². The number of non-ortho nitro benzene ring substituents is 1. The summed E-state index contributed by atoms with van der Waals surface area (Å²) >= 11 is 0. The summed E-state index contributed by atoms with van der Waals surface area (Å²) in [4.78, 5) is 46.1. The molecule has 9 heteroatoms. The standard InChI is InChI=1S/C33H31N5O4/c39-31-7-3-6-29-22-14-23(19-36(29)31)32-26(16-21-15-24(38(41)42)8-9-30(21)37(32)18-22)33(40)35-12-10-20(11-13-35)27-17-34-28-5-2-1-4-25(27)28/h1-10,15,17,22-23,26,32,34H,11-14,16,18-19H2/t22-,23-,26-,32+/m1/s1. The maximum atomic E-state index is 14.4. The van der Waals surface area contributed by atoms with Crippen LogP contribution in [0, 0.1) is 22.0 Å². The van der Waals surface area contributed by atoms with Crippen LogP contribution in [0.5, 0.6) is 0 Å². The van der Waals surface area contributed by atoms with Crippen LogP contribution in [0.3, 0.4) is 0 Å². The third kappa shape index (κ3) is 3.83. The van der Waals surface area contributed by atoms with Crippen molar-refractivity contribution in [2.45, 2.75) is 37.8 Å². The minimum atomic E-state index is -0.363. The molecule has 0 unspecified atom stereocenters. The van der Waals surface area contributed by atoms with Crippen molar-refractivity contribution < 1.29 is 9.72 Å². The molecule has 212 valence electrons. The molecule has 4 aliphatic heterocycles. The molecule has 0 saturated carbocycles. The number of benzene rings is 2. The number of nitrogens with zero attached hydrogens (tertiary/aromatic N) is 4. The van der Waals surface area contributed by atoms with Gasteiger partial charge in [0.2, 0.25) is 5.91 Å². The van der Waals surface area contributed by atoms with Gasteiger partial charge in [-0.2, -0.15) is 0 Å². The van der Waals surface area contributed by atoms with Crippen LogP contribution < -0.4 is 10.5 Å². The lowest BCUT2D eigenvalue weighted by Gasteiger charge is -2.54. The van der Waals surface area contributed by atoms with E-state index in [1.165, 1.54) is 16.5 Å². The Morgan fingerprint density at radius 3 is 2.76 bits per heavy atom. The number of nitro groups is 1. The maximum absolute atomic E-state index is 14.4. The van der Waals surface area contributed by atoms with E-state index in [4.69, 9.17) is 0 Å². The van der Waals surface area contributed by atoms with E-state index < -0.39 is 0 Å². The number of piperidine rings is 1. The Morgan fingerprint density at radius 1 is 1.05 bits per heavy atom. The normalized spacial score (nSPS) is 24.4. The second-order valence-electron chi connectivity index (χ2n) is 12.1. The Bertz CT molecular complexity index is 1850. The van der Waals surface area contributed by atoms with Crippen LogP contribution in [-0.4, -0.2) is 51.0 Å². The highest BCUT2D eigenvalue weighted by Crippen LogP contribution is 2.48. The number of hydrogen-bond donors (Lipinski definition) is 1. The zero-order valence-electron chi connectivity index (χ0n) is 23.1. The van der Waals surface area contributed by atoms with Crippen molar-refractivity contribution >= 4 is 33.8 Å². The Kier molecular flexibility index (Phi) is 5.64. The quantitative estimate of drug-likeness (QED) is 0.288. The molecule has 6 heterocycles. The topological polar surface area (TPSA) is 104 Å². The van der Waals surface area contributed by atoms with Gasteiger partial charge in [0.25, 0.3) is 11.2 Å². The van der Waals surface area contributed by atoms with E-state index in [9.17, 15) is 19.7 Å². The molecule has 0 aliphatic carbocycles. The number of carbonyl (C=O) groups is 1. The van der Waals surface area contributed by atoms with Crippen molar-refractivity contribution in [1.29, 1.82) is 0 Å². The van der Waals surface area contributed by atoms with Crippen LogP contribution in [0.15, 0.2) is 77.7 Å². The maximum Gasteiger partial charge on any atom is 0.269 e. The molecule has 4 aliphatic rings. The fourth-order valence-corrected chi connectivity index (χ4v) is 8.12. The van der Waals surface area contributed by atoms with E-state index in [2.05, 4.69) is 34.3 Å². The van der Waals surface area contributed by atoms with Gasteiger partial charge in [0.1, 0.15) is 0 Å². The van der Waals surface area contributed by atoms with Crippen molar-refractivity contribution in [2.75, 3.05) is 24.5 Å². The number of fused-ring (bicyclic) bond motifs is 9. The largest absolute Gasteiger partial charge is 0.366 e. The minimum Gasteiger partial charge on any atom is -0.366 e. The monoisotopic (exact) mass is 561 g/mol. The predicted octanol–water partition coefficient (Wildman–Crippen LogP) is 4.72. The summed E-state index contributed by atoms with van der Waals surface area (Å²) in [6.45, 7) is 2.44. The Morgan fingerprint density at radius 2 is 1.93 bits per heavy atom. The van der Waals surface area contributed by atoms with E-state index in [-0.39, 0.29) is 45.9 Å². The molecular weight excluding hydrogens is 530 g/mol. The van der Waals surface area contributed by atoms with Gasteiger partial charge in [-0.05, 0) is 54.5 Å². The lowest BCUT2D eigenvalue weighted by Crippen LogP contribution is -2.61. The van der Waals surface area contributed by atoms with Crippen molar-refractivity contribution in [3.63, 3.8) is 0 Å². The first-order chi connectivity index (χ1) is 20.5. The Balaban J connectivity index is 1.14. The number of amides is 1. The third-order valence-corrected chi connectivity index (χ3v) is 9.97. The number of anilines is 1. The number of rotatable bonds is 3. The number of hydrogen-bond acceptors (Lipinski definition) is 5. The van der Waals surface area contributed by atoms with Crippen molar-refractivity contribution in [1.82, 2.24) is 14.5 Å². The third-order valence-electron chi connectivity index (χ3n) is 9.97. The van der Waals surface area contributed by atoms with Crippen LogP contribution in [0.25, 0.3) is 16.5 Å². The first kappa shape index (κ1) is 25.1. The lowest BCUT2D eigenvalue weighted by molar-refractivity contribution is -0.384. The van der Waals surface area contributed by atoms with Crippen LogP contribution in [0.2, 0.25) is 0 Å². The van der Waals surface area contributed by atoms with Crippen LogP contribution >= 0.6 is 0 Å². The summed E-state index contributed by atoms with van der Waals surface area (Å²) in [5.74, 6) is 0.0636. The van der Waals surface area contributed by atoms with Crippen LogP contribution in [0.4, 0.5) is 11.4 Å². The number of pyridine rings is 1.